The molecule has 0 aliphatic carbocycles. The van der Waals surface area contributed by atoms with Gasteiger partial charge in [0.1, 0.15) is 18.5 Å². The molecule has 2 N–H and O–H groups in total. The van der Waals surface area contributed by atoms with E-state index in [2.05, 4.69) is 5.32 Å². The summed E-state index contributed by atoms with van der Waals surface area (Å²) in [6.45, 7) is 0.0116. The standard InChI is InChI=1S/C18H18FNO4/c19-15-8-4-7-14(9-15)10-16(18(22)23)20-17(21)12-24-11-13-5-2-1-3-6-13/h1-9,16H,10-12H2,(H,20,21)(H,22,23)/t16-/m0/s1. The van der Waals surface area contributed by atoms with Crippen LogP contribution in [0.25, 0.3) is 0 Å². The van der Waals surface area contributed by atoms with Crippen LogP contribution in [0.2, 0.25) is 0 Å². The van der Waals surface area contributed by atoms with Crippen molar-refractivity contribution in [2.45, 2.75) is 19.1 Å². The maximum atomic E-state index is 13.2. The van der Waals surface area contributed by atoms with Crippen molar-refractivity contribution in [3.8, 4) is 0 Å². The molecule has 126 valence electrons. The van der Waals surface area contributed by atoms with E-state index in [1.54, 1.807) is 6.07 Å². The second-order valence-corrected chi connectivity index (χ2v) is 5.27. The van der Waals surface area contributed by atoms with Gasteiger partial charge in [0.05, 0.1) is 6.61 Å². The summed E-state index contributed by atoms with van der Waals surface area (Å²) in [6.07, 6.45) is -0.00246. The number of aliphatic carboxylic acids is 1. The van der Waals surface area contributed by atoms with Crippen LogP contribution in [0.5, 0.6) is 0 Å². The van der Waals surface area contributed by atoms with Crippen LogP contribution in [0.15, 0.2) is 54.6 Å². The molecule has 6 heteroatoms. The van der Waals surface area contributed by atoms with E-state index in [1.807, 2.05) is 30.3 Å². The van der Waals surface area contributed by atoms with Crippen molar-refractivity contribution in [1.29, 1.82) is 0 Å². The summed E-state index contributed by atoms with van der Waals surface area (Å²) in [5.74, 6) is -2.17. The van der Waals surface area contributed by atoms with E-state index in [4.69, 9.17) is 4.74 Å². The van der Waals surface area contributed by atoms with E-state index < -0.39 is 23.7 Å². The number of rotatable bonds is 8. The predicted molar refractivity (Wildman–Crippen MR) is 85.8 cm³/mol. The van der Waals surface area contributed by atoms with Crippen LogP contribution in [0.3, 0.4) is 0 Å². The van der Waals surface area contributed by atoms with E-state index in [0.29, 0.717) is 5.56 Å². The van der Waals surface area contributed by atoms with E-state index in [0.717, 1.165) is 5.56 Å². The molecule has 5 nitrogen and oxygen atoms in total. The SMILES string of the molecule is O=C(COCc1ccccc1)N[C@@H](Cc1cccc(F)c1)C(=O)O. The van der Waals surface area contributed by atoms with Crippen molar-refractivity contribution in [3.05, 3.63) is 71.5 Å². The van der Waals surface area contributed by atoms with Gasteiger partial charge in [0, 0.05) is 6.42 Å². The monoisotopic (exact) mass is 331 g/mol. The number of amides is 1. The number of halogens is 1. The maximum Gasteiger partial charge on any atom is 0.326 e. The summed E-state index contributed by atoms with van der Waals surface area (Å²) >= 11 is 0. The van der Waals surface area contributed by atoms with Gasteiger partial charge in [-0.2, -0.15) is 0 Å². The smallest absolute Gasteiger partial charge is 0.326 e. The van der Waals surface area contributed by atoms with Gasteiger partial charge in [-0.05, 0) is 23.3 Å². The fourth-order valence-electron chi connectivity index (χ4n) is 2.17. The average molecular weight is 331 g/mol. The quantitative estimate of drug-likeness (QED) is 0.777. The van der Waals surface area contributed by atoms with Crippen molar-refractivity contribution >= 4 is 11.9 Å². The Morgan fingerprint density at radius 2 is 1.79 bits per heavy atom. The van der Waals surface area contributed by atoms with E-state index >= 15 is 0 Å². The van der Waals surface area contributed by atoms with Crippen molar-refractivity contribution in [2.24, 2.45) is 0 Å². The minimum atomic E-state index is -1.18. The topological polar surface area (TPSA) is 75.6 Å². The Morgan fingerprint density at radius 1 is 1.08 bits per heavy atom. The second kappa shape index (κ2) is 8.79. The zero-order valence-electron chi connectivity index (χ0n) is 12.9. The Kier molecular flexibility index (Phi) is 6.45. The Morgan fingerprint density at radius 3 is 2.46 bits per heavy atom. The number of carbonyl (C=O) groups is 2. The second-order valence-electron chi connectivity index (χ2n) is 5.27. The summed E-state index contributed by atoms with van der Waals surface area (Å²) in [4.78, 5) is 23.1. The van der Waals surface area contributed by atoms with Gasteiger partial charge in [0.2, 0.25) is 5.91 Å². The number of carboxylic acid groups (broad SMARTS) is 1. The highest BCUT2D eigenvalue weighted by atomic mass is 19.1. The van der Waals surface area contributed by atoms with Gasteiger partial charge < -0.3 is 15.2 Å². The van der Waals surface area contributed by atoms with Crippen LogP contribution in [0.1, 0.15) is 11.1 Å². The highest BCUT2D eigenvalue weighted by Gasteiger charge is 2.20. The zero-order chi connectivity index (χ0) is 17.4. The summed E-state index contributed by atoms with van der Waals surface area (Å²) in [7, 11) is 0. The molecular weight excluding hydrogens is 313 g/mol. The van der Waals surface area contributed by atoms with Crippen molar-refractivity contribution in [2.75, 3.05) is 6.61 Å². The molecule has 0 bridgehead atoms. The molecule has 0 saturated carbocycles. The van der Waals surface area contributed by atoms with Crippen molar-refractivity contribution < 1.29 is 23.8 Å². The van der Waals surface area contributed by atoms with Crippen molar-refractivity contribution in [1.82, 2.24) is 5.32 Å². The van der Waals surface area contributed by atoms with Gasteiger partial charge in [0.25, 0.3) is 0 Å². The van der Waals surface area contributed by atoms with Crippen LogP contribution in [-0.2, 0) is 27.4 Å². The number of carboxylic acids is 1. The first-order valence-corrected chi connectivity index (χ1v) is 7.43. The van der Waals surface area contributed by atoms with Crippen LogP contribution in [0.4, 0.5) is 4.39 Å². The summed E-state index contributed by atoms with van der Waals surface area (Å²) in [6, 6.07) is 13.8. The lowest BCUT2D eigenvalue weighted by Crippen LogP contribution is -2.43. The summed E-state index contributed by atoms with van der Waals surface area (Å²) in [5.41, 5.74) is 1.41. The van der Waals surface area contributed by atoms with Crippen molar-refractivity contribution in [3.63, 3.8) is 0 Å². The average Bonchev–Trinajstić information content (AvgIpc) is 2.55. The molecule has 2 aromatic rings. The minimum absolute atomic E-state index is 0.00246. The molecular formula is C18H18FNO4. The molecule has 0 aliphatic heterocycles. The number of ether oxygens (including phenoxy) is 1. The number of hydrogen-bond donors (Lipinski definition) is 2. The number of nitrogens with one attached hydrogen (secondary N) is 1. The van der Waals surface area contributed by atoms with Crippen LogP contribution >= 0.6 is 0 Å². The van der Waals surface area contributed by atoms with Gasteiger partial charge in [-0.15, -0.1) is 0 Å². The molecule has 0 unspecified atom stereocenters. The number of carbonyl (C=O) groups excluding carboxylic acids is 1. The molecule has 0 aromatic heterocycles. The molecule has 0 radical (unpaired) electrons. The maximum absolute atomic E-state index is 13.2. The lowest BCUT2D eigenvalue weighted by atomic mass is 10.1. The molecule has 0 saturated heterocycles. The molecule has 0 spiro atoms. The van der Waals surface area contributed by atoms with Gasteiger partial charge in [-0.1, -0.05) is 42.5 Å². The largest absolute Gasteiger partial charge is 0.480 e. The Balaban J connectivity index is 1.83. The minimum Gasteiger partial charge on any atom is -0.480 e. The lowest BCUT2D eigenvalue weighted by molar-refractivity contribution is -0.142. The fraction of sp³-hybridized carbons (Fsp3) is 0.222. The molecule has 1 atom stereocenters. The van der Waals surface area contributed by atoms with E-state index in [1.165, 1.54) is 18.2 Å². The van der Waals surface area contributed by atoms with Gasteiger partial charge in [-0.3, -0.25) is 4.79 Å². The summed E-state index contributed by atoms with van der Waals surface area (Å²) in [5, 5.41) is 11.6. The summed E-state index contributed by atoms with van der Waals surface area (Å²) < 4.78 is 18.4. The lowest BCUT2D eigenvalue weighted by Gasteiger charge is -2.15. The first kappa shape index (κ1) is 17.6. The zero-order valence-corrected chi connectivity index (χ0v) is 12.9. The Bertz CT molecular complexity index is 690. The predicted octanol–water partition coefficient (Wildman–Crippen LogP) is 2.15. The third-order valence-corrected chi connectivity index (χ3v) is 3.31. The third-order valence-electron chi connectivity index (χ3n) is 3.31. The molecule has 2 rings (SSSR count). The Labute approximate surface area is 139 Å². The van der Waals surface area contributed by atoms with Gasteiger partial charge in [-0.25, -0.2) is 9.18 Å². The Hall–Kier alpha value is -2.73. The highest BCUT2D eigenvalue weighted by molar-refractivity contribution is 5.84. The normalized spacial score (nSPS) is 11.7. The molecule has 0 aliphatic rings. The molecule has 1 amide bonds. The number of hydrogen-bond acceptors (Lipinski definition) is 3. The fourth-order valence-corrected chi connectivity index (χ4v) is 2.17. The molecule has 24 heavy (non-hydrogen) atoms. The van der Waals surface area contributed by atoms with E-state index in [9.17, 15) is 19.1 Å². The van der Waals surface area contributed by atoms with Crippen LogP contribution in [0, 0.1) is 5.82 Å². The first-order valence-electron chi connectivity index (χ1n) is 7.43. The third kappa shape index (κ3) is 5.81. The van der Waals surface area contributed by atoms with Crippen LogP contribution in [-0.4, -0.2) is 29.6 Å². The van der Waals surface area contributed by atoms with Gasteiger partial charge >= 0.3 is 5.97 Å². The highest BCUT2D eigenvalue weighted by Crippen LogP contribution is 2.07. The van der Waals surface area contributed by atoms with Gasteiger partial charge in [0.15, 0.2) is 0 Å². The van der Waals surface area contributed by atoms with E-state index in [-0.39, 0.29) is 19.6 Å². The molecule has 0 heterocycles. The molecule has 0 fully saturated rings. The number of benzene rings is 2. The first-order chi connectivity index (χ1) is 11.5. The van der Waals surface area contributed by atoms with Crippen LogP contribution < -0.4 is 5.32 Å². The molecule has 2 aromatic carbocycles.